The topological polar surface area (TPSA) is 75.7 Å². The van der Waals surface area contributed by atoms with Gasteiger partial charge in [0.05, 0.1) is 5.92 Å². The highest BCUT2D eigenvalue weighted by molar-refractivity contribution is 7.98. The highest BCUT2D eigenvalue weighted by Gasteiger charge is 2.37. The Morgan fingerprint density at radius 3 is 2.80 bits per heavy atom. The molecule has 0 unspecified atom stereocenters. The number of nitrogens with zero attached hydrogens (tertiary/aromatic N) is 1. The molecule has 2 amide bonds. The first-order valence-electron chi connectivity index (χ1n) is 8.43. The van der Waals surface area contributed by atoms with Gasteiger partial charge in [0.25, 0.3) is 5.91 Å². The molecule has 0 spiro atoms. The second-order valence-electron chi connectivity index (χ2n) is 6.47. The Labute approximate surface area is 151 Å². The summed E-state index contributed by atoms with van der Waals surface area (Å²) < 4.78 is 5.27. The van der Waals surface area contributed by atoms with Gasteiger partial charge in [0.1, 0.15) is 0 Å². The van der Waals surface area contributed by atoms with E-state index in [4.69, 9.17) is 4.74 Å². The number of ether oxygens (including phenoxy) is 1. The first kappa shape index (κ1) is 17.8. The van der Waals surface area contributed by atoms with Gasteiger partial charge in [-0.05, 0) is 44.2 Å². The molecule has 0 bridgehead atoms. The molecule has 1 saturated heterocycles. The number of carbonyl (C=O) groups excluding carboxylic acids is 3. The van der Waals surface area contributed by atoms with Crippen LogP contribution in [0.3, 0.4) is 0 Å². The van der Waals surface area contributed by atoms with Gasteiger partial charge in [0.2, 0.25) is 5.91 Å². The maximum Gasteiger partial charge on any atom is 0.312 e. The fourth-order valence-electron chi connectivity index (χ4n) is 2.76. The molecular formula is C18H22N2O4S. The number of rotatable bonds is 6. The smallest absolute Gasteiger partial charge is 0.312 e. The number of hydrogen-bond acceptors (Lipinski definition) is 5. The third kappa shape index (κ3) is 4.34. The molecular weight excluding hydrogens is 340 g/mol. The summed E-state index contributed by atoms with van der Waals surface area (Å²) in [6.45, 7) is 1.85. The molecule has 1 saturated carbocycles. The van der Waals surface area contributed by atoms with Crippen LogP contribution in [0.25, 0.3) is 0 Å². The van der Waals surface area contributed by atoms with Crippen molar-refractivity contribution < 1.29 is 19.1 Å². The lowest BCUT2D eigenvalue weighted by molar-refractivity contribution is -0.158. The monoisotopic (exact) mass is 362 g/mol. The lowest BCUT2D eigenvalue weighted by Gasteiger charge is -2.18. The molecule has 1 aromatic rings. The summed E-state index contributed by atoms with van der Waals surface area (Å²) in [5.74, 6) is -1.41. The summed E-state index contributed by atoms with van der Waals surface area (Å²) in [6.07, 6.45) is 3.21. The summed E-state index contributed by atoms with van der Waals surface area (Å²) in [6, 6.07) is 7.88. The minimum absolute atomic E-state index is 0.102. The van der Waals surface area contributed by atoms with Crippen molar-refractivity contribution in [2.45, 2.75) is 43.2 Å². The van der Waals surface area contributed by atoms with E-state index in [0.29, 0.717) is 0 Å². The summed E-state index contributed by atoms with van der Waals surface area (Å²) in [4.78, 5) is 39.2. The summed E-state index contributed by atoms with van der Waals surface area (Å²) in [5.41, 5.74) is 0.784. The number of carbonyl (C=O) groups is 3. The summed E-state index contributed by atoms with van der Waals surface area (Å²) >= 11 is 1.60. The Kier molecular flexibility index (Phi) is 5.32. The molecule has 2 aliphatic rings. The Bertz CT molecular complexity index is 689. The molecule has 1 aliphatic heterocycles. The lowest BCUT2D eigenvalue weighted by Crippen LogP contribution is -2.38. The molecule has 0 aromatic heterocycles. The van der Waals surface area contributed by atoms with Crippen molar-refractivity contribution in [3.8, 4) is 0 Å². The van der Waals surface area contributed by atoms with Crippen LogP contribution in [0.4, 0.5) is 5.69 Å². The van der Waals surface area contributed by atoms with E-state index in [-0.39, 0.29) is 30.8 Å². The molecule has 2 atom stereocenters. The number of thioether (sulfide) groups is 1. The quantitative estimate of drug-likeness (QED) is 0.619. The number of hydrogen-bond donors (Lipinski definition) is 1. The molecule has 1 aromatic carbocycles. The summed E-state index contributed by atoms with van der Waals surface area (Å²) in [7, 11) is 0. The van der Waals surface area contributed by atoms with E-state index in [1.165, 1.54) is 0 Å². The van der Waals surface area contributed by atoms with Crippen LogP contribution in [-0.4, -0.2) is 42.7 Å². The van der Waals surface area contributed by atoms with Gasteiger partial charge in [-0.25, -0.2) is 0 Å². The third-order valence-corrected chi connectivity index (χ3v) is 5.13. The second-order valence-corrected chi connectivity index (χ2v) is 7.35. The normalized spacial score (nSPS) is 21.1. The van der Waals surface area contributed by atoms with Crippen LogP contribution in [0.5, 0.6) is 0 Å². The van der Waals surface area contributed by atoms with Crippen molar-refractivity contribution in [3.05, 3.63) is 24.3 Å². The minimum Gasteiger partial charge on any atom is -0.452 e. The van der Waals surface area contributed by atoms with E-state index in [1.54, 1.807) is 23.6 Å². The number of nitrogens with one attached hydrogen (secondary N) is 1. The number of anilines is 1. The van der Waals surface area contributed by atoms with Crippen molar-refractivity contribution in [2.75, 3.05) is 17.7 Å². The Hall–Kier alpha value is -2.02. The van der Waals surface area contributed by atoms with Crippen molar-refractivity contribution in [1.82, 2.24) is 5.32 Å². The number of benzene rings is 1. The fraction of sp³-hybridized carbons (Fsp3) is 0.500. The fourth-order valence-corrected chi connectivity index (χ4v) is 3.22. The maximum absolute atomic E-state index is 12.3. The zero-order chi connectivity index (χ0) is 18.0. The molecule has 134 valence electrons. The van der Waals surface area contributed by atoms with E-state index in [2.05, 4.69) is 5.32 Å². The maximum atomic E-state index is 12.3. The zero-order valence-electron chi connectivity index (χ0n) is 14.4. The Morgan fingerprint density at radius 1 is 1.36 bits per heavy atom. The van der Waals surface area contributed by atoms with Crippen molar-refractivity contribution in [2.24, 2.45) is 5.92 Å². The largest absolute Gasteiger partial charge is 0.452 e. The standard InChI is InChI=1S/C18H22N2O4S/c1-11(17(22)19-13-6-7-13)24-18(23)12-8-16(21)20(10-12)14-4-3-5-15(9-14)25-2/h3-5,9,11-13H,6-8,10H2,1-2H3,(H,19,22)/t11-,12+/m0/s1. The first-order chi connectivity index (χ1) is 12.0. The van der Waals surface area contributed by atoms with Crippen molar-refractivity contribution in [3.63, 3.8) is 0 Å². The number of esters is 1. The third-order valence-electron chi connectivity index (χ3n) is 4.41. The molecule has 1 aliphatic carbocycles. The average molecular weight is 362 g/mol. The predicted octanol–water partition coefficient (Wildman–Crippen LogP) is 1.97. The highest BCUT2D eigenvalue weighted by Crippen LogP contribution is 2.29. The van der Waals surface area contributed by atoms with Crippen molar-refractivity contribution >= 4 is 35.2 Å². The lowest BCUT2D eigenvalue weighted by atomic mass is 10.1. The molecule has 2 fully saturated rings. The molecule has 25 heavy (non-hydrogen) atoms. The SMILES string of the molecule is CSc1cccc(N2C[C@H](C(=O)O[C@@H](C)C(=O)NC3CC3)CC2=O)c1. The van der Waals surface area contributed by atoms with Gasteiger partial charge in [0, 0.05) is 29.6 Å². The van der Waals surface area contributed by atoms with Crippen LogP contribution in [-0.2, 0) is 19.1 Å². The van der Waals surface area contributed by atoms with Gasteiger partial charge in [-0.3, -0.25) is 14.4 Å². The van der Waals surface area contributed by atoms with Crippen LogP contribution in [0, 0.1) is 5.92 Å². The van der Waals surface area contributed by atoms with E-state index in [0.717, 1.165) is 23.4 Å². The minimum atomic E-state index is -0.836. The Balaban J connectivity index is 1.59. The van der Waals surface area contributed by atoms with Gasteiger partial charge in [0.15, 0.2) is 6.10 Å². The molecule has 3 rings (SSSR count). The van der Waals surface area contributed by atoms with Gasteiger partial charge in [-0.15, -0.1) is 11.8 Å². The highest BCUT2D eigenvalue weighted by atomic mass is 32.2. The Morgan fingerprint density at radius 2 is 2.12 bits per heavy atom. The van der Waals surface area contributed by atoms with Crippen molar-refractivity contribution in [1.29, 1.82) is 0 Å². The molecule has 0 radical (unpaired) electrons. The van der Waals surface area contributed by atoms with Crippen LogP contribution in [0.1, 0.15) is 26.2 Å². The van der Waals surface area contributed by atoms with Crippen LogP contribution >= 0.6 is 11.8 Å². The van der Waals surface area contributed by atoms with E-state index in [9.17, 15) is 14.4 Å². The van der Waals surface area contributed by atoms with Gasteiger partial charge in [-0.1, -0.05) is 6.07 Å². The zero-order valence-corrected chi connectivity index (χ0v) is 15.2. The van der Waals surface area contributed by atoms with E-state index >= 15 is 0 Å². The summed E-state index contributed by atoms with van der Waals surface area (Å²) in [5, 5.41) is 2.81. The second kappa shape index (κ2) is 7.47. The molecule has 6 nitrogen and oxygen atoms in total. The van der Waals surface area contributed by atoms with Crippen LogP contribution < -0.4 is 10.2 Å². The predicted molar refractivity (Wildman–Crippen MR) is 95.4 cm³/mol. The van der Waals surface area contributed by atoms with E-state index in [1.807, 2.05) is 30.5 Å². The molecule has 1 N–H and O–H groups in total. The molecule has 7 heteroatoms. The first-order valence-corrected chi connectivity index (χ1v) is 9.65. The van der Waals surface area contributed by atoms with E-state index < -0.39 is 18.0 Å². The average Bonchev–Trinajstić information content (AvgIpc) is 3.33. The van der Waals surface area contributed by atoms with Gasteiger partial charge < -0.3 is 15.0 Å². The molecule has 1 heterocycles. The van der Waals surface area contributed by atoms with Gasteiger partial charge >= 0.3 is 5.97 Å². The van der Waals surface area contributed by atoms with Gasteiger partial charge in [-0.2, -0.15) is 0 Å². The number of amides is 2. The van der Waals surface area contributed by atoms with Crippen LogP contribution in [0.15, 0.2) is 29.2 Å². The van der Waals surface area contributed by atoms with Crippen LogP contribution in [0.2, 0.25) is 0 Å².